The standard InChI is InChI=1S/C35H36F2N6O3S/c1-6-30(44)42-10-11-43-28(21(42)2)18-27(40-43)34-32(31-26(37)16-24(36)17-29(31)46-13-12-45-5)35-25(8-14-47-35)33(39-34)23-15-22(19-38-20-23)7-9-41(3)4/h6,8,14-21H,1,7,9-13H2,2-5H3/t21-/m1/s1. The van der Waals surface area contributed by atoms with Gasteiger partial charge in [0.15, 0.2) is 0 Å². The number of halogens is 2. The number of rotatable bonds is 11. The van der Waals surface area contributed by atoms with E-state index in [1.807, 2.05) is 49.4 Å². The van der Waals surface area contributed by atoms with Crippen molar-refractivity contribution < 1.29 is 23.0 Å². The molecule has 0 bridgehead atoms. The fourth-order valence-electron chi connectivity index (χ4n) is 5.95. The van der Waals surface area contributed by atoms with Crippen molar-refractivity contribution in [2.24, 2.45) is 0 Å². The van der Waals surface area contributed by atoms with Gasteiger partial charge in [-0.05, 0) is 62.7 Å². The molecule has 1 aromatic carbocycles. The summed E-state index contributed by atoms with van der Waals surface area (Å²) in [7, 11) is 5.58. The molecule has 0 fully saturated rings. The van der Waals surface area contributed by atoms with Crippen LogP contribution in [0.4, 0.5) is 8.78 Å². The van der Waals surface area contributed by atoms with Crippen molar-refractivity contribution in [1.29, 1.82) is 0 Å². The van der Waals surface area contributed by atoms with Gasteiger partial charge in [0, 0.05) is 65.9 Å². The second kappa shape index (κ2) is 13.7. The van der Waals surface area contributed by atoms with Crippen molar-refractivity contribution >= 4 is 27.3 Å². The second-order valence-electron chi connectivity index (χ2n) is 11.7. The fourth-order valence-corrected chi connectivity index (χ4v) is 6.89. The lowest BCUT2D eigenvalue weighted by Crippen LogP contribution is -2.40. The molecule has 5 aromatic rings. The summed E-state index contributed by atoms with van der Waals surface area (Å²) >= 11 is 1.43. The average molecular weight is 659 g/mol. The number of hydrogen-bond acceptors (Lipinski definition) is 8. The first kappa shape index (κ1) is 32.4. The molecule has 0 N–H and O–H groups in total. The molecule has 0 spiro atoms. The molecule has 0 saturated heterocycles. The van der Waals surface area contributed by atoms with Crippen molar-refractivity contribution in [2.45, 2.75) is 25.9 Å². The van der Waals surface area contributed by atoms with Crippen LogP contribution >= 0.6 is 11.3 Å². The Labute approximate surface area is 276 Å². The molecule has 0 saturated carbocycles. The topological polar surface area (TPSA) is 85.6 Å². The van der Waals surface area contributed by atoms with Crippen LogP contribution in [0.25, 0.3) is 43.9 Å². The first-order valence-electron chi connectivity index (χ1n) is 15.3. The molecular formula is C35H36F2N6O3S. The van der Waals surface area contributed by atoms with E-state index in [1.165, 1.54) is 30.6 Å². The number of methoxy groups -OCH3 is 1. The highest BCUT2D eigenvalue weighted by Gasteiger charge is 2.31. The lowest BCUT2D eigenvalue weighted by atomic mass is 9.96. The van der Waals surface area contributed by atoms with Gasteiger partial charge in [0.25, 0.3) is 0 Å². The summed E-state index contributed by atoms with van der Waals surface area (Å²) in [6, 6.07) is 7.68. The number of carbonyl (C=O) groups excluding carboxylic acids is 1. The van der Waals surface area contributed by atoms with E-state index < -0.39 is 11.6 Å². The number of nitrogens with zero attached hydrogens (tertiary/aromatic N) is 6. The zero-order valence-electron chi connectivity index (χ0n) is 26.8. The lowest BCUT2D eigenvalue weighted by Gasteiger charge is -2.33. The molecule has 0 unspecified atom stereocenters. The zero-order valence-corrected chi connectivity index (χ0v) is 27.6. The minimum absolute atomic E-state index is 0.0393. The van der Waals surface area contributed by atoms with Gasteiger partial charge in [0.05, 0.1) is 36.1 Å². The van der Waals surface area contributed by atoms with Crippen LogP contribution in [0, 0.1) is 11.6 Å². The number of ether oxygens (including phenoxy) is 2. The number of likely N-dealkylation sites (N-methyl/N-ethyl adjacent to an activating group) is 1. The van der Waals surface area contributed by atoms with Crippen LogP contribution in [0.1, 0.15) is 24.2 Å². The molecule has 12 heteroatoms. The van der Waals surface area contributed by atoms with E-state index in [9.17, 15) is 9.18 Å². The number of fused-ring (bicyclic) bond motifs is 2. The van der Waals surface area contributed by atoms with Crippen molar-refractivity contribution in [3.05, 3.63) is 83.7 Å². The van der Waals surface area contributed by atoms with Gasteiger partial charge < -0.3 is 19.3 Å². The summed E-state index contributed by atoms with van der Waals surface area (Å²) in [6.45, 7) is 7.70. The molecule has 1 aliphatic rings. The predicted octanol–water partition coefficient (Wildman–Crippen LogP) is 6.39. The van der Waals surface area contributed by atoms with Crippen LogP contribution in [0.15, 0.2) is 60.8 Å². The van der Waals surface area contributed by atoms with Crippen LogP contribution < -0.4 is 4.74 Å². The Bertz CT molecular complexity index is 1960. The van der Waals surface area contributed by atoms with E-state index in [4.69, 9.17) is 19.6 Å². The highest BCUT2D eigenvalue weighted by atomic mass is 32.1. The van der Waals surface area contributed by atoms with Gasteiger partial charge in [0.1, 0.15) is 35.4 Å². The van der Waals surface area contributed by atoms with Crippen molar-refractivity contribution in [3.8, 4) is 39.5 Å². The molecule has 9 nitrogen and oxygen atoms in total. The number of benzene rings is 1. The summed E-state index contributed by atoms with van der Waals surface area (Å²) in [5.74, 6) is -1.67. The number of amides is 1. The van der Waals surface area contributed by atoms with Crippen LogP contribution in [-0.2, 0) is 22.5 Å². The Morgan fingerprint density at radius 2 is 1.96 bits per heavy atom. The summed E-state index contributed by atoms with van der Waals surface area (Å²) in [6.07, 6.45) is 5.74. The quantitative estimate of drug-likeness (QED) is 0.120. The smallest absolute Gasteiger partial charge is 0.246 e. The van der Waals surface area contributed by atoms with E-state index >= 15 is 4.39 Å². The second-order valence-corrected chi connectivity index (χ2v) is 12.6. The summed E-state index contributed by atoms with van der Waals surface area (Å²) < 4.78 is 44.4. The maximum Gasteiger partial charge on any atom is 0.246 e. The van der Waals surface area contributed by atoms with Gasteiger partial charge in [-0.3, -0.25) is 14.5 Å². The van der Waals surface area contributed by atoms with E-state index in [-0.39, 0.29) is 36.5 Å². The molecule has 5 heterocycles. The first-order chi connectivity index (χ1) is 22.7. The number of thiophene rings is 1. The predicted molar refractivity (Wildman–Crippen MR) is 179 cm³/mol. The average Bonchev–Trinajstić information content (AvgIpc) is 3.72. The van der Waals surface area contributed by atoms with E-state index in [2.05, 4.69) is 22.5 Å². The fraction of sp³-hybridized carbons (Fsp3) is 0.314. The highest BCUT2D eigenvalue weighted by Crippen LogP contribution is 2.47. The third-order valence-corrected chi connectivity index (χ3v) is 9.23. The number of pyridine rings is 2. The SMILES string of the molecule is C=CC(=O)N1CCn2nc(-c3nc(-c4cncc(CCN(C)C)c4)c4ccsc4c3-c3c(F)cc(F)cc3OCCOC)cc2[C@H]1C. The van der Waals surface area contributed by atoms with Crippen LogP contribution in [-0.4, -0.2) is 83.0 Å². The van der Waals surface area contributed by atoms with Crippen molar-refractivity contribution in [1.82, 2.24) is 29.5 Å². The van der Waals surface area contributed by atoms with Crippen LogP contribution in [0.3, 0.4) is 0 Å². The number of carbonyl (C=O) groups is 1. The normalized spacial score (nSPS) is 14.5. The molecule has 1 amide bonds. The minimum atomic E-state index is -0.782. The van der Waals surface area contributed by atoms with Crippen LogP contribution in [0.2, 0.25) is 0 Å². The summed E-state index contributed by atoms with van der Waals surface area (Å²) in [5.41, 5.74) is 4.79. The maximum absolute atomic E-state index is 16.1. The Kier molecular flexibility index (Phi) is 9.44. The molecular weight excluding hydrogens is 622 g/mol. The Hall–Kier alpha value is -4.52. The van der Waals surface area contributed by atoms with E-state index in [0.29, 0.717) is 35.7 Å². The Balaban J connectivity index is 1.60. The van der Waals surface area contributed by atoms with Gasteiger partial charge in [-0.2, -0.15) is 5.10 Å². The third kappa shape index (κ3) is 6.40. The molecule has 244 valence electrons. The van der Waals surface area contributed by atoms with E-state index in [1.54, 1.807) is 11.1 Å². The maximum atomic E-state index is 16.1. The molecule has 47 heavy (non-hydrogen) atoms. The number of hydrogen-bond donors (Lipinski definition) is 0. The summed E-state index contributed by atoms with van der Waals surface area (Å²) in [4.78, 5) is 26.2. The monoisotopic (exact) mass is 658 g/mol. The van der Waals surface area contributed by atoms with E-state index in [0.717, 1.165) is 45.9 Å². The molecule has 1 aliphatic heterocycles. The summed E-state index contributed by atoms with van der Waals surface area (Å²) in [5, 5.41) is 7.67. The van der Waals surface area contributed by atoms with Crippen LogP contribution in [0.5, 0.6) is 5.75 Å². The minimum Gasteiger partial charge on any atom is -0.490 e. The van der Waals surface area contributed by atoms with Gasteiger partial charge >= 0.3 is 0 Å². The lowest BCUT2D eigenvalue weighted by molar-refractivity contribution is -0.129. The highest BCUT2D eigenvalue weighted by molar-refractivity contribution is 7.18. The molecule has 6 rings (SSSR count). The Morgan fingerprint density at radius 3 is 2.72 bits per heavy atom. The largest absolute Gasteiger partial charge is 0.490 e. The Morgan fingerprint density at radius 1 is 1.13 bits per heavy atom. The van der Waals surface area contributed by atoms with Crippen molar-refractivity contribution in [2.75, 3.05) is 47.5 Å². The molecule has 4 aromatic heterocycles. The molecule has 0 radical (unpaired) electrons. The molecule has 0 aliphatic carbocycles. The van der Waals surface area contributed by atoms with Crippen molar-refractivity contribution in [3.63, 3.8) is 0 Å². The van der Waals surface area contributed by atoms with Gasteiger partial charge in [-0.15, -0.1) is 11.3 Å². The third-order valence-electron chi connectivity index (χ3n) is 8.30. The van der Waals surface area contributed by atoms with Gasteiger partial charge in [-0.25, -0.2) is 13.8 Å². The number of aromatic nitrogens is 4. The van der Waals surface area contributed by atoms with Gasteiger partial charge in [-0.1, -0.05) is 6.58 Å². The first-order valence-corrected chi connectivity index (χ1v) is 16.2. The molecule has 1 atom stereocenters. The zero-order chi connectivity index (χ0) is 33.2. The van der Waals surface area contributed by atoms with Gasteiger partial charge in [0.2, 0.25) is 5.91 Å².